The lowest BCUT2D eigenvalue weighted by Crippen LogP contribution is -2.27. The molecule has 0 bridgehead atoms. The zero-order chi connectivity index (χ0) is 21.2. The summed E-state index contributed by atoms with van der Waals surface area (Å²) in [5.74, 6) is 0.278. The van der Waals surface area contributed by atoms with Crippen molar-refractivity contribution in [2.24, 2.45) is 0 Å². The number of benzene rings is 2. The van der Waals surface area contributed by atoms with E-state index in [9.17, 15) is 9.59 Å². The molecule has 1 saturated heterocycles. The van der Waals surface area contributed by atoms with Crippen LogP contribution in [0.2, 0.25) is 0 Å². The standard InChI is InChI=1S/C22H21N5O2S2/c28-19(14-30-21-24-25-22-27(21)17-5-1-2-6-18(17)31-22)23-13-15-7-9-16(10-8-15)20(29)26-11-3-4-12-26/h1-2,5-10H,3-4,11-14H2,(H,23,28). The number of carbonyl (C=O) groups excluding carboxylic acids is 2. The van der Waals surface area contributed by atoms with E-state index in [1.54, 1.807) is 11.3 Å². The Balaban J connectivity index is 1.16. The highest BCUT2D eigenvalue weighted by molar-refractivity contribution is 7.99. The number of rotatable bonds is 6. The van der Waals surface area contributed by atoms with Gasteiger partial charge in [-0.15, -0.1) is 10.2 Å². The fourth-order valence-electron chi connectivity index (χ4n) is 3.70. The number of nitrogens with one attached hydrogen (secondary N) is 1. The SMILES string of the molecule is O=C(CSc1nnc2sc3ccccc3n12)NCc1ccc(C(=O)N2CCCC2)cc1. The summed E-state index contributed by atoms with van der Waals surface area (Å²) in [6, 6.07) is 15.5. The molecule has 0 saturated carbocycles. The molecule has 0 radical (unpaired) electrons. The number of aromatic nitrogens is 3. The summed E-state index contributed by atoms with van der Waals surface area (Å²) in [6.45, 7) is 2.11. The second-order valence-electron chi connectivity index (χ2n) is 7.43. The van der Waals surface area contributed by atoms with Gasteiger partial charge in [0, 0.05) is 25.2 Å². The van der Waals surface area contributed by atoms with Gasteiger partial charge >= 0.3 is 0 Å². The Labute approximate surface area is 187 Å². The third kappa shape index (κ3) is 4.15. The first-order chi connectivity index (χ1) is 15.2. The van der Waals surface area contributed by atoms with Gasteiger partial charge in [0.25, 0.3) is 5.91 Å². The molecule has 2 aromatic heterocycles. The highest BCUT2D eigenvalue weighted by Gasteiger charge is 2.19. The number of para-hydroxylation sites is 1. The van der Waals surface area contributed by atoms with Crippen molar-refractivity contribution in [2.45, 2.75) is 24.5 Å². The van der Waals surface area contributed by atoms with E-state index in [-0.39, 0.29) is 17.6 Å². The van der Waals surface area contributed by atoms with Crippen molar-refractivity contribution in [3.63, 3.8) is 0 Å². The summed E-state index contributed by atoms with van der Waals surface area (Å²) in [5, 5.41) is 12.1. The summed E-state index contributed by atoms with van der Waals surface area (Å²) in [7, 11) is 0. The summed E-state index contributed by atoms with van der Waals surface area (Å²) < 4.78 is 3.14. The molecule has 7 nitrogen and oxygen atoms in total. The lowest BCUT2D eigenvalue weighted by Gasteiger charge is -2.15. The molecule has 0 aliphatic carbocycles. The maximum Gasteiger partial charge on any atom is 0.253 e. The Kier molecular flexibility index (Phi) is 5.61. The van der Waals surface area contributed by atoms with Crippen LogP contribution in [0.5, 0.6) is 0 Å². The van der Waals surface area contributed by atoms with Crippen molar-refractivity contribution < 1.29 is 9.59 Å². The summed E-state index contributed by atoms with van der Waals surface area (Å²) in [4.78, 5) is 27.5. The molecule has 0 atom stereocenters. The van der Waals surface area contributed by atoms with E-state index in [0.29, 0.717) is 17.3 Å². The fraction of sp³-hybridized carbons (Fsp3) is 0.273. The van der Waals surface area contributed by atoms with Crippen LogP contribution in [0.3, 0.4) is 0 Å². The molecule has 9 heteroatoms. The topological polar surface area (TPSA) is 79.6 Å². The first kappa shape index (κ1) is 20.0. The van der Waals surface area contributed by atoms with Gasteiger partial charge in [-0.3, -0.25) is 14.0 Å². The van der Waals surface area contributed by atoms with Crippen molar-refractivity contribution in [1.29, 1.82) is 0 Å². The second-order valence-corrected chi connectivity index (χ2v) is 9.38. The molecule has 1 aliphatic heterocycles. The third-order valence-corrected chi connectivity index (χ3v) is 7.27. The van der Waals surface area contributed by atoms with Crippen molar-refractivity contribution >= 4 is 50.1 Å². The Hall–Kier alpha value is -2.91. The molecule has 3 heterocycles. The molecule has 1 fully saturated rings. The van der Waals surface area contributed by atoms with Gasteiger partial charge in [0.1, 0.15) is 0 Å². The minimum absolute atomic E-state index is 0.0708. The molecule has 31 heavy (non-hydrogen) atoms. The molecule has 1 aliphatic rings. The predicted octanol–water partition coefficient (Wildman–Crippen LogP) is 3.59. The van der Waals surface area contributed by atoms with Crippen LogP contribution in [0.25, 0.3) is 15.2 Å². The largest absolute Gasteiger partial charge is 0.351 e. The van der Waals surface area contributed by atoms with Gasteiger partial charge in [-0.1, -0.05) is 47.4 Å². The number of fused-ring (bicyclic) bond motifs is 3. The Morgan fingerprint density at radius 3 is 2.61 bits per heavy atom. The zero-order valence-corrected chi connectivity index (χ0v) is 18.4. The Bertz CT molecular complexity index is 1240. The van der Waals surface area contributed by atoms with Crippen LogP contribution in [0, 0.1) is 0 Å². The Morgan fingerprint density at radius 2 is 1.81 bits per heavy atom. The van der Waals surface area contributed by atoms with E-state index < -0.39 is 0 Å². The lowest BCUT2D eigenvalue weighted by atomic mass is 10.1. The smallest absolute Gasteiger partial charge is 0.253 e. The number of thiazole rings is 1. The molecule has 0 spiro atoms. The van der Waals surface area contributed by atoms with Gasteiger partial charge in [0.2, 0.25) is 10.9 Å². The summed E-state index contributed by atoms with van der Waals surface area (Å²) in [5.41, 5.74) is 2.72. The quantitative estimate of drug-likeness (QED) is 0.453. The van der Waals surface area contributed by atoms with Crippen LogP contribution >= 0.6 is 23.1 Å². The van der Waals surface area contributed by atoms with Crippen molar-refractivity contribution in [2.75, 3.05) is 18.8 Å². The van der Waals surface area contributed by atoms with Crippen LogP contribution in [-0.4, -0.2) is 50.2 Å². The van der Waals surface area contributed by atoms with E-state index in [0.717, 1.165) is 46.7 Å². The zero-order valence-electron chi connectivity index (χ0n) is 16.8. The average molecular weight is 452 g/mol. The van der Waals surface area contributed by atoms with Crippen LogP contribution < -0.4 is 5.32 Å². The molecule has 2 amide bonds. The van der Waals surface area contributed by atoms with Gasteiger partial charge in [-0.05, 0) is 42.7 Å². The van der Waals surface area contributed by atoms with Gasteiger partial charge in [-0.2, -0.15) is 0 Å². The van der Waals surface area contributed by atoms with E-state index in [1.165, 1.54) is 11.8 Å². The minimum atomic E-state index is -0.0708. The average Bonchev–Trinajstić information content (AvgIpc) is 3.53. The number of amides is 2. The first-order valence-corrected chi connectivity index (χ1v) is 12.0. The summed E-state index contributed by atoms with van der Waals surface area (Å²) >= 11 is 2.96. The number of likely N-dealkylation sites (tertiary alicyclic amines) is 1. The monoisotopic (exact) mass is 451 g/mol. The van der Waals surface area contributed by atoms with Gasteiger partial charge in [0.05, 0.1) is 16.0 Å². The summed E-state index contributed by atoms with van der Waals surface area (Å²) in [6.07, 6.45) is 2.16. The number of hydrogen-bond acceptors (Lipinski definition) is 6. The molecule has 2 aromatic carbocycles. The van der Waals surface area contributed by atoms with Gasteiger partial charge < -0.3 is 10.2 Å². The van der Waals surface area contributed by atoms with Crippen LogP contribution in [-0.2, 0) is 11.3 Å². The van der Waals surface area contributed by atoms with Crippen molar-refractivity contribution in [3.8, 4) is 0 Å². The molecule has 1 N–H and O–H groups in total. The van der Waals surface area contributed by atoms with E-state index in [1.807, 2.05) is 51.8 Å². The predicted molar refractivity (Wildman–Crippen MR) is 123 cm³/mol. The van der Waals surface area contributed by atoms with Crippen LogP contribution in [0.4, 0.5) is 0 Å². The van der Waals surface area contributed by atoms with E-state index in [4.69, 9.17) is 0 Å². The molecule has 0 unspecified atom stereocenters. The highest BCUT2D eigenvalue weighted by Crippen LogP contribution is 2.29. The first-order valence-electron chi connectivity index (χ1n) is 10.2. The molecular weight excluding hydrogens is 430 g/mol. The number of hydrogen-bond donors (Lipinski definition) is 1. The van der Waals surface area contributed by atoms with Crippen LogP contribution in [0.15, 0.2) is 53.7 Å². The maximum atomic E-state index is 12.4. The molecule has 158 valence electrons. The third-order valence-electron chi connectivity index (χ3n) is 5.33. The molecular formula is C22H21N5O2S2. The maximum absolute atomic E-state index is 12.4. The Morgan fingerprint density at radius 1 is 1.03 bits per heavy atom. The molecule has 4 aromatic rings. The van der Waals surface area contributed by atoms with Crippen molar-refractivity contribution in [1.82, 2.24) is 24.8 Å². The normalized spacial score (nSPS) is 13.9. The van der Waals surface area contributed by atoms with Gasteiger partial charge in [0.15, 0.2) is 5.16 Å². The molecule has 5 rings (SSSR count). The lowest BCUT2D eigenvalue weighted by molar-refractivity contribution is -0.118. The number of nitrogens with zero attached hydrogens (tertiary/aromatic N) is 4. The number of carbonyl (C=O) groups is 2. The number of thioether (sulfide) groups is 1. The second kappa shape index (κ2) is 8.68. The van der Waals surface area contributed by atoms with E-state index >= 15 is 0 Å². The highest BCUT2D eigenvalue weighted by atomic mass is 32.2. The van der Waals surface area contributed by atoms with E-state index in [2.05, 4.69) is 21.6 Å². The fourth-order valence-corrected chi connectivity index (χ4v) is 5.50. The van der Waals surface area contributed by atoms with Crippen LogP contribution in [0.1, 0.15) is 28.8 Å². The minimum Gasteiger partial charge on any atom is -0.351 e. The van der Waals surface area contributed by atoms with Crippen molar-refractivity contribution in [3.05, 3.63) is 59.7 Å². The van der Waals surface area contributed by atoms with Gasteiger partial charge in [-0.25, -0.2) is 0 Å².